The number of hydrogen-bond donors (Lipinski definition) is 1. The highest BCUT2D eigenvalue weighted by Gasteiger charge is 2.18. The second-order valence-electron chi connectivity index (χ2n) is 4.64. The Kier molecular flexibility index (Phi) is 3.39. The van der Waals surface area contributed by atoms with Gasteiger partial charge in [-0.3, -0.25) is 0 Å². The van der Waals surface area contributed by atoms with Crippen molar-refractivity contribution in [2.45, 2.75) is 19.4 Å². The maximum atomic E-state index is 6.31. The summed E-state index contributed by atoms with van der Waals surface area (Å²) in [6, 6.07) is 15.5. The Hall–Kier alpha value is -2.33. The molecule has 0 aliphatic rings. The quantitative estimate of drug-likeness (QED) is 0.790. The van der Waals surface area contributed by atoms with Crippen LogP contribution < -0.4 is 5.73 Å². The minimum atomic E-state index is -0.321. The Morgan fingerprint density at radius 2 is 1.95 bits per heavy atom. The largest absolute Gasteiger partial charge is 0.464 e. The highest BCUT2D eigenvalue weighted by molar-refractivity contribution is 5.34. The second kappa shape index (κ2) is 5.35. The van der Waals surface area contributed by atoms with Gasteiger partial charge in [0.15, 0.2) is 0 Å². The summed E-state index contributed by atoms with van der Waals surface area (Å²) in [7, 11) is 0. The first-order valence-electron chi connectivity index (χ1n) is 6.73. The molecule has 0 aliphatic carbocycles. The van der Waals surface area contributed by atoms with Gasteiger partial charge in [0.1, 0.15) is 17.6 Å². The Morgan fingerprint density at radius 1 is 1.15 bits per heavy atom. The maximum absolute atomic E-state index is 6.31. The predicted molar refractivity (Wildman–Crippen MR) is 77.7 cm³/mol. The molecular formula is C16H17N3O. The van der Waals surface area contributed by atoms with Gasteiger partial charge in [-0.15, -0.1) is 0 Å². The molecule has 4 nitrogen and oxygen atoms in total. The van der Waals surface area contributed by atoms with Crippen LogP contribution in [0.25, 0.3) is 5.69 Å². The van der Waals surface area contributed by atoms with Gasteiger partial charge in [-0.25, -0.2) is 4.68 Å². The molecule has 2 N–H and O–H groups in total. The SMILES string of the molecule is CCc1ccc(C(N)c2ccnn2-c2ccccc2)o1. The lowest BCUT2D eigenvalue weighted by molar-refractivity contribution is 0.448. The van der Waals surface area contributed by atoms with Crippen molar-refractivity contribution in [3.63, 3.8) is 0 Å². The molecule has 0 spiro atoms. The van der Waals surface area contributed by atoms with Crippen LogP contribution in [0, 0.1) is 0 Å². The van der Waals surface area contributed by atoms with Gasteiger partial charge >= 0.3 is 0 Å². The summed E-state index contributed by atoms with van der Waals surface area (Å²) >= 11 is 0. The average molecular weight is 267 g/mol. The normalized spacial score (nSPS) is 12.5. The first-order chi connectivity index (χ1) is 9.79. The Labute approximate surface area is 117 Å². The van der Waals surface area contributed by atoms with Crippen LogP contribution in [-0.4, -0.2) is 9.78 Å². The second-order valence-corrected chi connectivity index (χ2v) is 4.64. The molecule has 3 rings (SSSR count). The van der Waals surface area contributed by atoms with E-state index in [0.29, 0.717) is 0 Å². The number of furan rings is 1. The zero-order valence-electron chi connectivity index (χ0n) is 11.4. The third-order valence-corrected chi connectivity index (χ3v) is 3.33. The van der Waals surface area contributed by atoms with Crippen molar-refractivity contribution in [3.8, 4) is 5.69 Å². The highest BCUT2D eigenvalue weighted by Crippen LogP contribution is 2.23. The summed E-state index contributed by atoms with van der Waals surface area (Å²) in [6.45, 7) is 2.06. The Balaban J connectivity index is 1.97. The van der Waals surface area contributed by atoms with Crippen molar-refractivity contribution in [1.82, 2.24) is 9.78 Å². The van der Waals surface area contributed by atoms with Crippen LogP contribution in [0.15, 0.2) is 59.1 Å². The summed E-state index contributed by atoms with van der Waals surface area (Å²) < 4.78 is 7.59. The Bertz CT molecular complexity index is 685. The molecule has 0 bridgehead atoms. The third-order valence-electron chi connectivity index (χ3n) is 3.33. The number of aromatic nitrogens is 2. The van der Waals surface area contributed by atoms with Crippen molar-refractivity contribution < 1.29 is 4.42 Å². The standard InChI is InChI=1S/C16H17N3O/c1-2-13-8-9-15(20-13)16(17)14-10-11-18-19(14)12-6-4-3-5-7-12/h3-11,16H,2,17H2,1H3. The fourth-order valence-electron chi connectivity index (χ4n) is 2.23. The Morgan fingerprint density at radius 3 is 2.65 bits per heavy atom. The minimum Gasteiger partial charge on any atom is -0.464 e. The molecule has 20 heavy (non-hydrogen) atoms. The fourth-order valence-corrected chi connectivity index (χ4v) is 2.23. The molecule has 0 amide bonds. The van der Waals surface area contributed by atoms with Crippen LogP contribution in [-0.2, 0) is 6.42 Å². The van der Waals surface area contributed by atoms with Crippen molar-refractivity contribution >= 4 is 0 Å². The van der Waals surface area contributed by atoms with Crippen molar-refractivity contribution in [2.24, 2.45) is 5.73 Å². The molecule has 4 heteroatoms. The molecule has 2 aromatic heterocycles. The molecule has 102 valence electrons. The van der Waals surface area contributed by atoms with Crippen LogP contribution in [0.1, 0.15) is 30.2 Å². The lowest BCUT2D eigenvalue weighted by Gasteiger charge is -2.12. The lowest BCUT2D eigenvalue weighted by atomic mass is 10.1. The number of nitrogens with zero attached hydrogens (tertiary/aromatic N) is 2. The summed E-state index contributed by atoms with van der Waals surface area (Å²) in [5, 5.41) is 4.35. The average Bonchev–Trinajstić information content (AvgIpc) is 3.16. The van der Waals surface area contributed by atoms with Gasteiger partial charge in [-0.05, 0) is 30.3 Å². The number of aryl methyl sites for hydroxylation is 1. The summed E-state index contributed by atoms with van der Waals surface area (Å²) in [5.41, 5.74) is 8.21. The molecule has 0 saturated heterocycles. The van der Waals surface area contributed by atoms with E-state index < -0.39 is 0 Å². The van der Waals surface area contributed by atoms with E-state index in [-0.39, 0.29) is 6.04 Å². The van der Waals surface area contributed by atoms with Crippen LogP contribution in [0.2, 0.25) is 0 Å². The molecule has 0 fully saturated rings. The van der Waals surface area contributed by atoms with E-state index in [1.807, 2.05) is 53.2 Å². The molecule has 1 unspecified atom stereocenters. The first kappa shape index (κ1) is 12.7. The molecular weight excluding hydrogens is 250 g/mol. The first-order valence-corrected chi connectivity index (χ1v) is 6.73. The minimum absolute atomic E-state index is 0.321. The van der Waals surface area contributed by atoms with E-state index in [4.69, 9.17) is 10.2 Å². The van der Waals surface area contributed by atoms with E-state index in [1.165, 1.54) is 0 Å². The number of nitrogens with two attached hydrogens (primary N) is 1. The molecule has 3 aromatic rings. The topological polar surface area (TPSA) is 57.0 Å². The van der Waals surface area contributed by atoms with E-state index in [2.05, 4.69) is 12.0 Å². The van der Waals surface area contributed by atoms with Crippen LogP contribution in [0.4, 0.5) is 0 Å². The summed E-state index contributed by atoms with van der Waals surface area (Å²) in [5.74, 6) is 1.71. The molecule has 0 saturated carbocycles. The zero-order valence-corrected chi connectivity index (χ0v) is 11.4. The summed E-state index contributed by atoms with van der Waals surface area (Å²) in [6.07, 6.45) is 2.62. The number of benzene rings is 1. The fraction of sp³-hybridized carbons (Fsp3) is 0.188. The van der Waals surface area contributed by atoms with Gasteiger partial charge in [-0.1, -0.05) is 25.1 Å². The lowest BCUT2D eigenvalue weighted by Crippen LogP contribution is -2.16. The highest BCUT2D eigenvalue weighted by atomic mass is 16.3. The van der Waals surface area contributed by atoms with Gasteiger partial charge in [-0.2, -0.15) is 5.10 Å². The van der Waals surface area contributed by atoms with Gasteiger partial charge in [0.25, 0.3) is 0 Å². The maximum Gasteiger partial charge on any atom is 0.127 e. The van der Waals surface area contributed by atoms with E-state index >= 15 is 0 Å². The molecule has 2 heterocycles. The molecule has 0 radical (unpaired) electrons. The van der Waals surface area contributed by atoms with Crippen molar-refractivity contribution in [2.75, 3.05) is 0 Å². The predicted octanol–water partition coefficient (Wildman–Crippen LogP) is 3.08. The van der Waals surface area contributed by atoms with E-state index in [0.717, 1.165) is 29.3 Å². The number of para-hydroxylation sites is 1. The van der Waals surface area contributed by atoms with E-state index in [9.17, 15) is 0 Å². The number of rotatable bonds is 4. The molecule has 0 aliphatic heterocycles. The van der Waals surface area contributed by atoms with Gasteiger partial charge in [0.05, 0.1) is 11.4 Å². The van der Waals surface area contributed by atoms with Crippen molar-refractivity contribution in [3.05, 3.63) is 71.9 Å². The van der Waals surface area contributed by atoms with Crippen LogP contribution in [0.5, 0.6) is 0 Å². The van der Waals surface area contributed by atoms with Gasteiger partial charge in [0, 0.05) is 12.6 Å². The zero-order chi connectivity index (χ0) is 13.9. The summed E-state index contributed by atoms with van der Waals surface area (Å²) in [4.78, 5) is 0. The van der Waals surface area contributed by atoms with Crippen LogP contribution in [0.3, 0.4) is 0 Å². The van der Waals surface area contributed by atoms with E-state index in [1.54, 1.807) is 6.20 Å². The smallest absolute Gasteiger partial charge is 0.127 e. The van der Waals surface area contributed by atoms with Crippen LogP contribution >= 0.6 is 0 Å². The third kappa shape index (κ3) is 2.26. The van der Waals surface area contributed by atoms with Gasteiger partial charge in [0.2, 0.25) is 0 Å². The monoisotopic (exact) mass is 267 g/mol. The molecule has 1 atom stereocenters. The van der Waals surface area contributed by atoms with Gasteiger partial charge < -0.3 is 10.2 Å². The van der Waals surface area contributed by atoms with Crippen molar-refractivity contribution in [1.29, 1.82) is 0 Å². The number of hydrogen-bond acceptors (Lipinski definition) is 3. The molecule has 1 aromatic carbocycles.